The molecule has 29 heavy (non-hydrogen) atoms. The van der Waals surface area contributed by atoms with Crippen LogP contribution in [0.15, 0.2) is 24.3 Å². The van der Waals surface area contributed by atoms with E-state index in [0.717, 1.165) is 18.8 Å². The summed E-state index contributed by atoms with van der Waals surface area (Å²) < 4.78 is 5.41. The van der Waals surface area contributed by atoms with Gasteiger partial charge in [0.1, 0.15) is 11.8 Å². The number of likely N-dealkylation sites (tertiary alicyclic amines) is 1. The zero-order valence-corrected chi connectivity index (χ0v) is 18.6. The molecule has 2 N–H and O–H groups in total. The van der Waals surface area contributed by atoms with Crippen LogP contribution in [0.1, 0.15) is 64.2 Å². The van der Waals surface area contributed by atoms with Gasteiger partial charge in [0.05, 0.1) is 6.61 Å². The topological polar surface area (TPSA) is 70.7 Å². The van der Waals surface area contributed by atoms with Gasteiger partial charge in [-0.25, -0.2) is 0 Å². The Morgan fingerprint density at radius 2 is 1.72 bits per heavy atom. The molecule has 2 amide bonds. The standard InChI is InChI=1S/C23H37N3O3/c1-6-29-19-12-10-18(11-13-19)21(27)25-20(17(2)3)22(28)24-16-23(4,5)26-14-8-7-9-15-26/h10-13,17,20H,6-9,14-16H2,1-5H3,(H,24,28)(H,25,27). The third-order valence-corrected chi connectivity index (χ3v) is 5.57. The normalized spacial score (nSPS) is 16.3. The van der Waals surface area contributed by atoms with Crippen LogP contribution in [-0.4, -0.2) is 54.5 Å². The zero-order valence-electron chi connectivity index (χ0n) is 18.6. The third kappa shape index (κ3) is 6.74. The van der Waals surface area contributed by atoms with E-state index in [1.54, 1.807) is 24.3 Å². The minimum Gasteiger partial charge on any atom is -0.494 e. The van der Waals surface area contributed by atoms with Gasteiger partial charge in [-0.3, -0.25) is 14.5 Å². The predicted octanol–water partition coefficient (Wildman–Crippen LogP) is 3.22. The Balaban J connectivity index is 1.95. The molecule has 1 aromatic carbocycles. The smallest absolute Gasteiger partial charge is 0.251 e. The Labute approximate surface area is 175 Å². The van der Waals surface area contributed by atoms with Crippen molar-refractivity contribution in [3.63, 3.8) is 0 Å². The largest absolute Gasteiger partial charge is 0.494 e. The van der Waals surface area contributed by atoms with E-state index in [1.807, 2.05) is 20.8 Å². The molecular weight excluding hydrogens is 366 g/mol. The van der Waals surface area contributed by atoms with Crippen LogP contribution in [0.2, 0.25) is 0 Å². The lowest BCUT2D eigenvalue weighted by Crippen LogP contribution is -2.57. The molecule has 1 aliphatic rings. The van der Waals surface area contributed by atoms with Gasteiger partial charge in [0.25, 0.3) is 5.91 Å². The minimum atomic E-state index is -0.578. The van der Waals surface area contributed by atoms with Crippen molar-refractivity contribution in [1.29, 1.82) is 0 Å². The molecule has 6 nitrogen and oxygen atoms in total. The van der Waals surface area contributed by atoms with Gasteiger partial charge in [0.15, 0.2) is 0 Å². The lowest BCUT2D eigenvalue weighted by Gasteiger charge is -2.41. The van der Waals surface area contributed by atoms with Gasteiger partial charge in [-0.15, -0.1) is 0 Å². The Morgan fingerprint density at radius 1 is 1.10 bits per heavy atom. The first-order chi connectivity index (χ1) is 13.7. The number of nitrogens with zero attached hydrogens (tertiary/aromatic N) is 1. The number of hydrogen-bond donors (Lipinski definition) is 2. The lowest BCUT2D eigenvalue weighted by molar-refractivity contribution is -0.124. The average molecular weight is 404 g/mol. The number of amides is 2. The fourth-order valence-corrected chi connectivity index (χ4v) is 3.65. The van der Waals surface area contributed by atoms with Crippen LogP contribution < -0.4 is 15.4 Å². The molecule has 1 heterocycles. The third-order valence-electron chi connectivity index (χ3n) is 5.57. The van der Waals surface area contributed by atoms with E-state index >= 15 is 0 Å². The first kappa shape index (κ1) is 23.2. The number of ether oxygens (including phenoxy) is 1. The number of carbonyl (C=O) groups excluding carboxylic acids is 2. The molecule has 1 saturated heterocycles. The average Bonchev–Trinajstić information content (AvgIpc) is 2.71. The van der Waals surface area contributed by atoms with Crippen molar-refractivity contribution in [2.24, 2.45) is 5.92 Å². The summed E-state index contributed by atoms with van der Waals surface area (Å²) in [5.74, 6) is 0.323. The molecular formula is C23H37N3O3. The number of carbonyl (C=O) groups is 2. The van der Waals surface area contributed by atoms with Gasteiger partial charge in [-0.2, -0.15) is 0 Å². The molecule has 1 aliphatic heterocycles. The van der Waals surface area contributed by atoms with Crippen LogP contribution in [-0.2, 0) is 4.79 Å². The maximum atomic E-state index is 12.9. The highest BCUT2D eigenvalue weighted by Crippen LogP contribution is 2.20. The van der Waals surface area contributed by atoms with Crippen molar-refractivity contribution in [3.8, 4) is 5.75 Å². The second-order valence-electron chi connectivity index (χ2n) is 8.73. The van der Waals surface area contributed by atoms with E-state index in [1.165, 1.54) is 19.3 Å². The van der Waals surface area contributed by atoms with E-state index in [2.05, 4.69) is 29.4 Å². The molecule has 162 valence electrons. The second-order valence-corrected chi connectivity index (χ2v) is 8.73. The highest BCUT2D eigenvalue weighted by Gasteiger charge is 2.30. The van der Waals surface area contributed by atoms with Crippen molar-refractivity contribution < 1.29 is 14.3 Å². The van der Waals surface area contributed by atoms with Crippen LogP contribution in [0.4, 0.5) is 0 Å². The Hall–Kier alpha value is -2.08. The molecule has 0 radical (unpaired) electrons. The lowest BCUT2D eigenvalue weighted by atomic mass is 9.97. The number of piperidine rings is 1. The number of benzene rings is 1. The van der Waals surface area contributed by atoms with Crippen molar-refractivity contribution >= 4 is 11.8 Å². The van der Waals surface area contributed by atoms with Crippen molar-refractivity contribution in [3.05, 3.63) is 29.8 Å². The summed E-state index contributed by atoms with van der Waals surface area (Å²) in [6, 6.07) is 6.39. The molecule has 1 unspecified atom stereocenters. The zero-order chi connectivity index (χ0) is 21.4. The molecule has 0 bridgehead atoms. The van der Waals surface area contributed by atoms with Crippen molar-refractivity contribution in [1.82, 2.24) is 15.5 Å². The maximum Gasteiger partial charge on any atom is 0.251 e. The SMILES string of the molecule is CCOc1ccc(C(=O)NC(C(=O)NCC(C)(C)N2CCCCC2)C(C)C)cc1. The van der Waals surface area contributed by atoms with Crippen molar-refractivity contribution in [2.45, 2.75) is 65.5 Å². The van der Waals surface area contributed by atoms with Gasteiger partial charge >= 0.3 is 0 Å². The van der Waals surface area contributed by atoms with Crippen LogP contribution >= 0.6 is 0 Å². The predicted molar refractivity (Wildman–Crippen MR) is 116 cm³/mol. The van der Waals surface area contributed by atoms with Crippen LogP contribution in [0, 0.1) is 5.92 Å². The summed E-state index contributed by atoms with van der Waals surface area (Å²) in [5, 5.41) is 5.96. The first-order valence-electron chi connectivity index (χ1n) is 10.8. The van der Waals surface area contributed by atoms with E-state index in [-0.39, 0.29) is 23.3 Å². The van der Waals surface area contributed by atoms with Gasteiger partial charge in [0, 0.05) is 17.6 Å². The molecule has 0 saturated carbocycles. The maximum absolute atomic E-state index is 12.9. The molecule has 1 atom stereocenters. The number of nitrogens with one attached hydrogen (secondary N) is 2. The number of rotatable bonds is 9. The second kappa shape index (κ2) is 10.6. The summed E-state index contributed by atoms with van der Waals surface area (Å²) in [6.07, 6.45) is 3.71. The highest BCUT2D eigenvalue weighted by molar-refractivity contribution is 5.97. The van der Waals surface area contributed by atoms with Gasteiger partial charge < -0.3 is 15.4 Å². The quantitative estimate of drug-likeness (QED) is 0.664. The van der Waals surface area contributed by atoms with E-state index in [0.29, 0.717) is 18.7 Å². The Bertz CT molecular complexity index is 664. The van der Waals surface area contributed by atoms with Gasteiger partial charge in [0.2, 0.25) is 5.91 Å². The fourth-order valence-electron chi connectivity index (χ4n) is 3.65. The van der Waals surface area contributed by atoms with Crippen LogP contribution in [0.5, 0.6) is 5.75 Å². The molecule has 2 rings (SSSR count). The van der Waals surface area contributed by atoms with E-state index in [4.69, 9.17) is 4.74 Å². The van der Waals surface area contributed by atoms with Gasteiger partial charge in [-0.1, -0.05) is 20.3 Å². The Morgan fingerprint density at radius 3 is 2.28 bits per heavy atom. The van der Waals surface area contributed by atoms with Crippen molar-refractivity contribution in [2.75, 3.05) is 26.2 Å². The summed E-state index contributed by atoms with van der Waals surface area (Å²) in [5.41, 5.74) is 0.414. The fraction of sp³-hybridized carbons (Fsp3) is 0.652. The van der Waals surface area contributed by atoms with Crippen LogP contribution in [0.25, 0.3) is 0 Å². The summed E-state index contributed by atoms with van der Waals surface area (Å²) >= 11 is 0. The molecule has 0 spiro atoms. The van der Waals surface area contributed by atoms with Gasteiger partial charge in [-0.05, 0) is 76.9 Å². The molecule has 0 aliphatic carbocycles. The molecule has 0 aromatic heterocycles. The summed E-state index contributed by atoms with van der Waals surface area (Å²) in [7, 11) is 0. The monoisotopic (exact) mass is 403 g/mol. The molecule has 1 fully saturated rings. The highest BCUT2D eigenvalue weighted by atomic mass is 16.5. The van der Waals surface area contributed by atoms with E-state index in [9.17, 15) is 9.59 Å². The summed E-state index contributed by atoms with van der Waals surface area (Å²) in [4.78, 5) is 27.9. The van der Waals surface area contributed by atoms with E-state index < -0.39 is 6.04 Å². The summed E-state index contributed by atoms with van der Waals surface area (Å²) in [6.45, 7) is 13.4. The molecule has 6 heteroatoms. The Kier molecular flexibility index (Phi) is 8.50. The minimum absolute atomic E-state index is 0.0141. The van der Waals surface area contributed by atoms with Crippen LogP contribution in [0.3, 0.4) is 0 Å². The first-order valence-corrected chi connectivity index (χ1v) is 10.8. The molecule has 1 aromatic rings. The number of hydrogen-bond acceptors (Lipinski definition) is 4.